The fourth-order valence-corrected chi connectivity index (χ4v) is 1.88. The van der Waals surface area contributed by atoms with Crippen molar-refractivity contribution in [1.82, 2.24) is 0 Å². The van der Waals surface area contributed by atoms with Gasteiger partial charge in [-0.3, -0.25) is 0 Å². The SMILES string of the molecule is C=Cc1cccc(CCCC)c1CC. The molecule has 0 radical (unpaired) electrons. The van der Waals surface area contributed by atoms with Crippen LogP contribution < -0.4 is 0 Å². The Bertz CT molecular complexity index is 297. The highest BCUT2D eigenvalue weighted by Gasteiger charge is 2.03. The predicted molar refractivity (Wildman–Crippen MR) is 64.5 cm³/mol. The van der Waals surface area contributed by atoms with Gasteiger partial charge in [-0.05, 0) is 36.0 Å². The van der Waals surface area contributed by atoms with Gasteiger partial charge in [-0.2, -0.15) is 0 Å². The summed E-state index contributed by atoms with van der Waals surface area (Å²) in [5, 5.41) is 0. The second-order valence-electron chi connectivity index (χ2n) is 3.65. The molecule has 0 aliphatic rings. The van der Waals surface area contributed by atoms with E-state index in [4.69, 9.17) is 0 Å². The van der Waals surface area contributed by atoms with E-state index in [1.807, 2.05) is 6.08 Å². The molecule has 1 aromatic carbocycles. The third kappa shape index (κ3) is 2.47. The van der Waals surface area contributed by atoms with Crippen LogP contribution in [0.4, 0.5) is 0 Å². The number of hydrogen-bond acceptors (Lipinski definition) is 0. The van der Waals surface area contributed by atoms with Crippen molar-refractivity contribution in [3.8, 4) is 0 Å². The summed E-state index contributed by atoms with van der Waals surface area (Å²) in [5.41, 5.74) is 4.30. The highest BCUT2D eigenvalue weighted by molar-refractivity contribution is 5.54. The molecule has 0 amide bonds. The molecule has 0 aromatic heterocycles. The fourth-order valence-electron chi connectivity index (χ4n) is 1.88. The summed E-state index contributed by atoms with van der Waals surface area (Å²) in [4.78, 5) is 0. The highest BCUT2D eigenvalue weighted by atomic mass is 14.1. The molecule has 0 unspecified atom stereocenters. The maximum absolute atomic E-state index is 3.86. The Labute approximate surface area is 87.7 Å². The van der Waals surface area contributed by atoms with E-state index in [2.05, 4.69) is 38.6 Å². The van der Waals surface area contributed by atoms with Crippen molar-refractivity contribution in [3.05, 3.63) is 41.5 Å². The topological polar surface area (TPSA) is 0 Å². The summed E-state index contributed by atoms with van der Waals surface area (Å²) in [6.45, 7) is 8.32. The van der Waals surface area contributed by atoms with Crippen LogP contribution in [0.15, 0.2) is 24.8 Å². The lowest BCUT2D eigenvalue weighted by molar-refractivity contribution is 0.787. The van der Waals surface area contributed by atoms with E-state index in [9.17, 15) is 0 Å². The molecule has 0 bridgehead atoms. The van der Waals surface area contributed by atoms with Crippen LogP contribution in [-0.4, -0.2) is 0 Å². The maximum atomic E-state index is 3.86. The molecular weight excluding hydrogens is 168 g/mol. The van der Waals surface area contributed by atoms with Crippen LogP contribution in [-0.2, 0) is 12.8 Å². The van der Waals surface area contributed by atoms with Gasteiger partial charge in [-0.1, -0.05) is 51.1 Å². The lowest BCUT2D eigenvalue weighted by atomic mass is 9.95. The van der Waals surface area contributed by atoms with E-state index in [0.29, 0.717) is 0 Å². The Morgan fingerprint density at radius 3 is 2.64 bits per heavy atom. The first-order valence-corrected chi connectivity index (χ1v) is 5.56. The summed E-state index contributed by atoms with van der Waals surface area (Å²) in [6.07, 6.45) is 6.84. The Kier molecular flexibility index (Phi) is 4.45. The number of benzene rings is 1. The van der Waals surface area contributed by atoms with Crippen LogP contribution in [0.5, 0.6) is 0 Å². The van der Waals surface area contributed by atoms with Gasteiger partial charge in [-0.25, -0.2) is 0 Å². The zero-order valence-corrected chi connectivity index (χ0v) is 9.34. The molecule has 0 saturated carbocycles. The summed E-state index contributed by atoms with van der Waals surface area (Å²) < 4.78 is 0. The molecule has 14 heavy (non-hydrogen) atoms. The summed E-state index contributed by atoms with van der Waals surface area (Å²) in [5.74, 6) is 0. The Hall–Kier alpha value is -1.04. The van der Waals surface area contributed by atoms with E-state index in [1.54, 1.807) is 0 Å². The van der Waals surface area contributed by atoms with Gasteiger partial charge >= 0.3 is 0 Å². The molecule has 0 heterocycles. The molecule has 0 saturated heterocycles. The van der Waals surface area contributed by atoms with E-state index < -0.39 is 0 Å². The monoisotopic (exact) mass is 188 g/mol. The molecule has 0 heteroatoms. The molecule has 0 N–H and O–H groups in total. The van der Waals surface area contributed by atoms with Crippen LogP contribution in [0.1, 0.15) is 43.4 Å². The van der Waals surface area contributed by atoms with Gasteiger partial charge in [0.25, 0.3) is 0 Å². The Morgan fingerprint density at radius 1 is 1.29 bits per heavy atom. The smallest absolute Gasteiger partial charge is 0.0228 e. The number of rotatable bonds is 5. The van der Waals surface area contributed by atoms with Crippen molar-refractivity contribution in [3.63, 3.8) is 0 Å². The van der Waals surface area contributed by atoms with Gasteiger partial charge in [0.05, 0.1) is 0 Å². The quantitative estimate of drug-likeness (QED) is 0.648. The van der Waals surface area contributed by atoms with Gasteiger partial charge < -0.3 is 0 Å². The van der Waals surface area contributed by atoms with Gasteiger partial charge in [-0.15, -0.1) is 0 Å². The molecule has 1 rings (SSSR count). The first-order chi connectivity index (χ1) is 6.83. The first-order valence-electron chi connectivity index (χ1n) is 5.56. The van der Waals surface area contributed by atoms with Crippen molar-refractivity contribution in [2.75, 3.05) is 0 Å². The van der Waals surface area contributed by atoms with Crippen LogP contribution in [0.3, 0.4) is 0 Å². The lowest BCUT2D eigenvalue weighted by Gasteiger charge is -2.10. The van der Waals surface area contributed by atoms with Crippen LogP contribution in [0, 0.1) is 0 Å². The number of aryl methyl sites for hydroxylation is 1. The van der Waals surface area contributed by atoms with Crippen LogP contribution in [0.2, 0.25) is 0 Å². The van der Waals surface area contributed by atoms with E-state index in [1.165, 1.54) is 36.0 Å². The molecule has 76 valence electrons. The molecule has 0 aliphatic carbocycles. The van der Waals surface area contributed by atoms with Crippen molar-refractivity contribution in [2.45, 2.75) is 39.5 Å². The highest BCUT2D eigenvalue weighted by Crippen LogP contribution is 2.18. The van der Waals surface area contributed by atoms with Crippen molar-refractivity contribution < 1.29 is 0 Å². The van der Waals surface area contributed by atoms with E-state index in [0.717, 1.165) is 6.42 Å². The van der Waals surface area contributed by atoms with Gasteiger partial charge in [0.2, 0.25) is 0 Å². The van der Waals surface area contributed by atoms with Gasteiger partial charge in [0.15, 0.2) is 0 Å². The Balaban J connectivity index is 2.96. The third-order valence-electron chi connectivity index (χ3n) is 2.68. The van der Waals surface area contributed by atoms with E-state index in [-0.39, 0.29) is 0 Å². The normalized spacial score (nSPS) is 10.1. The summed E-state index contributed by atoms with van der Waals surface area (Å²) >= 11 is 0. The van der Waals surface area contributed by atoms with Crippen molar-refractivity contribution >= 4 is 6.08 Å². The zero-order chi connectivity index (χ0) is 10.4. The molecule has 0 aliphatic heterocycles. The summed E-state index contributed by atoms with van der Waals surface area (Å²) in [7, 11) is 0. The van der Waals surface area contributed by atoms with Crippen molar-refractivity contribution in [2.24, 2.45) is 0 Å². The standard InChI is InChI=1S/C14H20/c1-4-7-9-13-11-8-10-12(5-2)14(13)6-3/h5,8,10-11H,2,4,6-7,9H2,1,3H3. The van der Waals surface area contributed by atoms with Crippen LogP contribution in [0.25, 0.3) is 6.08 Å². The summed E-state index contributed by atoms with van der Waals surface area (Å²) in [6, 6.07) is 6.55. The minimum Gasteiger partial charge on any atom is -0.0985 e. The second-order valence-corrected chi connectivity index (χ2v) is 3.65. The first kappa shape index (κ1) is 11.0. The number of hydrogen-bond donors (Lipinski definition) is 0. The molecule has 0 nitrogen and oxygen atoms in total. The number of unbranched alkanes of at least 4 members (excludes halogenated alkanes) is 1. The van der Waals surface area contributed by atoms with Gasteiger partial charge in [0, 0.05) is 0 Å². The second kappa shape index (κ2) is 5.64. The average molecular weight is 188 g/mol. The predicted octanol–water partition coefficient (Wildman–Crippen LogP) is 4.23. The minimum atomic E-state index is 1.11. The van der Waals surface area contributed by atoms with Gasteiger partial charge in [0.1, 0.15) is 0 Å². The largest absolute Gasteiger partial charge is 0.0985 e. The Morgan fingerprint density at radius 2 is 2.07 bits per heavy atom. The molecule has 0 spiro atoms. The van der Waals surface area contributed by atoms with Crippen molar-refractivity contribution in [1.29, 1.82) is 0 Å². The molecule has 0 fully saturated rings. The maximum Gasteiger partial charge on any atom is -0.0228 e. The average Bonchev–Trinajstić information content (AvgIpc) is 2.25. The third-order valence-corrected chi connectivity index (χ3v) is 2.68. The molecule has 1 aromatic rings. The molecule has 0 atom stereocenters. The van der Waals surface area contributed by atoms with E-state index >= 15 is 0 Å². The lowest BCUT2D eigenvalue weighted by Crippen LogP contribution is -1.95. The fraction of sp³-hybridized carbons (Fsp3) is 0.429. The molecular formula is C14H20. The zero-order valence-electron chi connectivity index (χ0n) is 9.34. The van der Waals surface area contributed by atoms with Crippen LogP contribution >= 0.6 is 0 Å². The minimum absolute atomic E-state index is 1.11.